The van der Waals surface area contributed by atoms with E-state index in [4.69, 9.17) is 9.47 Å². The van der Waals surface area contributed by atoms with Gasteiger partial charge in [0.2, 0.25) is 0 Å². The van der Waals surface area contributed by atoms with Gasteiger partial charge in [0.05, 0.1) is 30.4 Å². The molecule has 0 saturated heterocycles. The van der Waals surface area contributed by atoms with Crippen LogP contribution in [0.15, 0.2) is 54.6 Å². The second kappa shape index (κ2) is 9.44. The molecule has 3 rings (SSSR count). The zero-order chi connectivity index (χ0) is 19.1. The maximum atomic E-state index is 12.4. The van der Waals surface area contributed by atoms with Gasteiger partial charge in [-0.3, -0.25) is 14.5 Å². The first-order chi connectivity index (χ1) is 13.2. The van der Waals surface area contributed by atoms with Crippen LogP contribution < -0.4 is 0 Å². The third-order valence-electron chi connectivity index (χ3n) is 4.73. The highest BCUT2D eigenvalue weighted by Gasteiger charge is 2.34. The molecule has 2 aromatic carbocycles. The number of carbonyl (C=O) groups excluding carboxylic acids is 2. The fraction of sp³-hybridized carbons (Fsp3) is 0.364. The molecule has 5 nitrogen and oxygen atoms in total. The molecule has 0 fully saturated rings. The first-order valence-corrected chi connectivity index (χ1v) is 9.30. The monoisotopic (exact) mass is 367 g/mol. The van der Waals surface area contributed by atoms with Gasteiger partial charge in [-0.1, -0.05) is 42.5 Å². The van der Waals surface area contributed by atoms with Gasteiger partial charge < -0.3 is 9.47 Å². The lowest BCUT2D eigenvalue weighted by molar-refractivity contribution is 0.0116. The minimum atomic E-state index is -0.199. The topological polar surface area (TPSA) is 55.8 Å². The molecule has 1 unspecified atom stereocenters. The Labute approximate surface area is 159 Å². The summed E-state index contributed by atoms with van der Waals surface area (Å²) in [7, 11) is 1.65. The Bertz CT molecular complexity index is 740. The molecule has 2 aromatic rings. The number of nitrogens with zero attached hydrogens (tertiary/aromatic N) is 1. The zero-order valence-corrected chi connectivity index (χ0v) is 15.6. The van der Waals surface area contributed by atoms with Crippen molar-refractivity contribution in [3.8, 4) is 0 Å². The Balaban J connectivity index is 1.55. The van der Waals surface area contributed by atoms with E-state index in [2.05, 4.69) is 12.1 Å². The van der Waals surface area contributed by atoms with E-state index in [9.17, 15) is 9.59 Å². The van der Waals surface area contributed by atoms with Crippen LogP contribution in [0.3, 0.4) is 0 Å². The quantitative estimate of drug-likeness (QED) is 0.477. The van der Waals surface area contributed by atoms with Gasteiger partial charge in [0, 0.05) is 13.7 Å². The fourth-order valence-corrected chi connectivity index (χ4v) is 3.34. The number of benzene rings is 2. The number of amides is 2. The number of hydrogen-bond donors (Lipinski definition) is 0. The maximum absolute atomic E-state index is 12.4. The molecule has 0 aromatic heterocycles. The standard InChI is InChI=1S/C22H25NO4/c1-26-14-15-27-18(16-17-8-3-2-4-9-17)10-7-13-23-21(24)19-11-5-6-12-20(19)22(23)25/h2-6,8-9,11-12,18H,7,10,13-16H2,1H3. The highest BCUT2D eigenvalue weighted by Crippen LogP contribution is 2.23. The van der Waals surface area contributed by atoms with Crippen LogP contribution in [-0.2, 0) is 15.9 Å². The molecule has 1 aliphatic heterocycles. The van der Waals surface area contributed by atoms with Crippen molar-refractivity contribution in [2.24, 2.45) is 0 Å². The van der Waals surface area contributed by atoms with Gasteiger partial charge in [0.15, 0.2) is 0 Å². The smallest absolute Gasteiger partial charge is 0.261 e. The lowest BCUT2D eigenvalue weighted by Crippen LogP contribution is -2.31. The van der Waals surface area contributed by atoms with Gasteiger partial charge in [-0.2, -0.15) is 0 Å². The number of ether oxygens (including phenoxy) is 2. The Kier molecular flexibility index (Phi) is 6.74. The van der Waals surface area contributed by atoms with Gasteiger partial charge in [-0.15, -0.1) is 0 Å². The Morgan fingerprint density at radius 1 is 0.889 bits per heavy atom. The third kappa shape index (κ3) is 4.81. The summed E-state index contributed by atoms with van der Waals surface area (Å²) in [5, 5.41) is 0. The number of rotatable bonds is 10. The number of carbonyl (C=O) groups is 2. The molecule has 27 heavy (non-hydrogen) atoms. The lowest BCUT2D eigenvalue weighted by Gasteiger charge is -2.20. The predicted octanol–water partition coefficient (Wildman–Crippen LogP) is 3.34. The molecule has 2 amide bonds. The van der Waals surface area contributed by atoms with Gasteiger partial charge in [0.1, 0.15) is 0 Å². The summed E-state index contributed by atoms with van der Waals surface area (Å²) in [6.07, 6.45) is 2.30. The van der Waals surface area contributed by atoms with Crippen LogP contribution in [0.4, 0.5) is 0 Å². The summed E-state index contributed by atoms with van der Waals surface area (Å²) < 4.78 is 11.0. The van der Waals surface area contributed by atoms with Gasteiger partial charge in [0.25, 0.3) is 11.8 Å². The molecule has 142 valence electrons. The van der Waals surface area contributed by atoms with E-state index < -0.39 is 0 Å². The van der Waals surface area contributed by atoms with Crippen molar-refractivity contribution in [1.29, 1.82) is 0 Å². The molecule has 0 saturated carbocycles. The molecule has 5 heteroatoms. The first-order valence-electron chi connectivity index (χ1n) is 9.30. The first kappa shape index (κ1) is 19.3. The van der Waals surface area contributed by atoms with Crippen molar-refractivity contribution in [3.63, 3.8) is 0 Å². The fourth-order valence-electron chi connectivity index (χ4n) is 3.34. The Hall–Kier alpha value is -2.50. The minimum Gasteiger partial charge on any atom is -0.382 e. The highest BCUT2D eigenvalue weighted by molar-refractivity contribution is 6.21. The maximum Gasteiger partial charge on any atom is 0.261 e. The van der Waals surface area contributed by atoms with E-state index in [1.54, 1.807) is 31.4 Å². The van der Waals surface area contributed by atoms with Crippen LogP contribution >= 0.6 is 0 Å². The summed E-state index contributed by atoms with van der Waals surface area (Å²) in [4.78, 5) is 26.2. The van der Waals surface area contributed by atoms with E-state index in [1.807, 2.05) is 18.2 Å². The molecule has 1 aliphatic rings. The highest BCUT2D eigenvalue weighted by atomic mass is 16.5. The van der Waals surface area contributed by atoms with Crippen molar-refractivity contribution < 1.29 is 19.1 Å². The van der Waals surface area contributed by atoms with E-state index >= 15 is 0 Å². The predicted molar refractivity (Wildman–Crippen MR) is 103 cm³/mol. The number of hydrogen-bond acceptors (Lipinski definition) is 4. The molecular weight excluding hydrogens is 342 g/mol. The molecule has 0 radical (unpaired) electrons. The normalized spacial score (nSPS) is 14.5. The third-order valence-corrected chi connectivity index (χ3v) is 4.73. The zero-order valence-electron chi connectivity index (χ0n) is 15.6. The number of methoxy groups -OCH3 is 1. The number of imide groups is 1. The molecule has 0 aliphatic carbocycles. The van der Waals surface area contributed by atoms with Crippen LogP contribution in [0.25, 0.3) is 0 Å². The minimum absolute atomic E-state index is 0.0257. The van der Waals surface area contributed by atoms with Gasteiger partial charge in [-0.25, -0.2) is 0 Å². The summed E-state index contributed by atoms with van der Waals surface area (Å²) in [5.41, 5.74) is 2.21. The van der Waals surface area contributed by atoms with Crippen molar-refractivity contribution >= 4 is 11.8 Å². The van der Waals surface area contributed by atoms with Gasteiger partial charge in [-0.05, 0) is 37.0 Å². The van der Waals surface area contributed by atoms with E-state index in [0.717, 1.165) is 12.8 Å². The molecule has 1 atom stereocenters. The van der Waals surface area contributed by atoms with Crippen molar-refractivity contribution in [3.05, 3.63) is 71.3 Å². The van der Waals surface area contributed by atoms with Crippen LogP contribution in [0, 0.1) is 0 Å². The summed E-state index contributed by atoms with van der Waals surface area (Å²) in [5.74, 6) is -0.397. The SMILES string of the molecule is COCCOC(CCCN1C(=O)c2ccccc2C1=O)Cc1ccccc1. The summed E-state index contributed by atoms with van der Waals surface area (Å²) in [6.45, 7) is 1.48. The molecule has 0 N–H and O–H groups in total. The van der Waals surface area contributed by atoms with E-state index in [1.165, 1.54) is 10.5 Å². The van der Waals surface area contributed by atoms with E-state index in [0.29, 0.717) is 37.3 Å². The van der Waals surface area contributed by atoms with Gasteiger partial charge >= 0.3 is 0 Å². The Morgan fingerprint density at radius 2 is 1.52 bits per heavy atom. The molecule has 0 bridgehead atoms. The second-order valence-corrected chi connectivity index (χ2v) is 6.63. The van der Waals surface area contributed by atoms with Crippen LogP contribution in [0.1, 0.15) is 39.1 Å². The molecular formula is C22H25NO4. The van der Waals surface area contributed by atoms with Crippen LogP contribution in [0.5, 0.6) is 0 Å². The summed E-state index contributed by atoms with van der Waals surface area (Å²) in [6, 6.07) is 17.2. The largest absolute Gasteiger partial charge is 0.382 e. The van der Waals surface area contributed by atoms with Crippen molar-refractivity contribution in [2.75, 3.05) is 26.9 Å². The Morgan fingerprint density at radius 3 is 2.15 bits per heavy atom. The van der Waals surface area contributed by atoms with Crippen molar-refractivity contribution in [2.45, 2.75) is 25.4 Å². The molecule has 0 spiro atoms. The molecule has 1 heterocycles. The lowest BCUT2D eigenvalue weighted by atomic mass is 10.0. The van der Waals surface area contributed by atoms with Crippen LogP contribution in [0.2, 0.25) is 0 Å². The number of fused-ring (bicyclic) bond motifs is 1. The average molecular weight is 367 g/mol. The van der Waals surface area contributed by atoms with Crippen LogP contribution in [-0.4, -0.2) is 49.7 Å². The summed E-state index contributed by atoms with van der Waals surface area (Å²) >= 11 is 0. The second-order valence-electron chi connectivity index (χ2n) is 6.63. The van der Waals surface area contributed by atoms with Crippen molar-refractivity contribution in [1.82, 2.24) is 4.90 Å². The van der Waals surface area contributed by atoms with E-state index in [-0.39, 0.29) is 17.9 Å². The average Bonchev–Trinajstić information content (AvgIpc) is 2.94.